The van der Waals surface area contributed by atoms with Crippen molar-refractivity contribution < 1.29 is 14.6 Å². The molecule has 0 aliphatic heterocycles. The fourth-order valence-corrected chi connectivity index (χ4v) is 2.33. The summed E-state index contributed by atoms with van der Waals surface area (Å²) in [5.74, 6) is -0.874. The van der Waals surface area contributed by atoms with E-state index in [1.54, 1.807) is 23.9 Å². The van der Waals surface area contributed by atoms with Crippen LogP contribution in [0.15, 0.2) is 22.7 Å². The summed E-state index contributed by atoms with van der Waals surface area (Å²) in [7, 11) is 1.80. The number of aromatic nitrogens is 2. The van der Waals surface area contributed by atoms with Crippen LogP contribution in [0, 0.1) is 6.92 Å². The van der Waals surface area contributed by atoms with E-state index < -0.39 is 5.97 Å². The van der Waals surface area contributed by atoms with E-state index in [2.05, 4.69) is 21.0 Å². The number of nitrogen functional groups attached to an aromatic ring is 1. The predicted octanol–water partition coefficient (Wildman–Crippen LogP) is 2.35. The van der Waals surface area contributed by atoms with Crippen LogP contribution in [0.4, 0.5) is 5.69 Å². The molecule has 1 aromatic heterocycles. The summed E-state index contributed by atoms with van der Waals surface area (Å²) in [6.45, 7) is 2.07. The number of aryl methyl sites for hydroxylation is 2. The zero-order chi connectivity index (χ0) is 14.9. The quantitative estimate of drug-likeness (QED) is 0.834. The molecule has 0 amide bonds. The molecule has 0 spiro atoms. The lowest BCUT2D eigenvalue weighted by Gasteiger charge is -2.11. The number of anilines is 1. The highest BCUT2D eigenvalue weighted by Gasteiger charge is 2.17. The van der Waals surface area contributed by atoms with Crippen molar-refractivity contribution >= 4 is 27.6 Å². The molecule has 106 valence electrons. The van der Waals surface area contributed by atoms with Crippen molar-refractivity contribution in [2.45, 2.75) is 13.5 Å². The third-order valence-corrected chi connectivity index (χ3v) is 3.93. The van der Waals surface area contributed by atoms with E-state index in [1.165, 1.54) is 6.07 Å². The molecule has 1 aromatic carbocycles. The normalized spacial score (nSPS) is 10.6. The van der Waals surface area contributed by atoms with Gasteiger partial charge in [-0.2, -0.15) is 5.10 Å². The second kappa shape index (κ2) is 5.54. The predicted molar refractivity (Wildman–Crippen MR) is 77.8 cm³/mol. The number of aromatic carboxylic acids is 1. The van der Waals surface area contributed by atoms with Gasteiger partial charge in [0.25, 0.3) is 0 Å². The Kier molecular flexibility index (Phi) is 3.99. The van der Waals surface area contributed by atoms with Crippen LogP contribution in [0.3, 0.4) is 0 Å². The first kappa shape index (κ1) is 14.4. The average Bonchev–Trinajstić information content (AvgIpc) is 2.61. The Balaban J connectivity index is 2.28. The monoisotopic (exact) mass is 339 g/mol. The van der Waals surface area contributed by atoms with E-state index in [9.17, 15) is 9.90 Å². The van der Waals surface area contributed by atoms with Gasteiger partial charge in [-0.1, -0.05) is 6.07 Å². The highest BCUT2D eigenvalue weighted by atomic mass is 79.9. The number of hydrogen-bond acceptors (Lipinski definition) is 4. The van der Waals surface area contributed by atoms with Gasteiger partial charge in [0.2, 0.25) is 0 Å². The molecule has 0 saturated carbocycles. The highest BCUT2D eigenvalue weighted by molar-refractivity contribution is 9.10. The number of carboxylic acids is 1. The van der Waals surface area contributed by atoms with Crippen LogP contribution < -0.4 is 10.5 Å². The van der Waals surface area contributed by atoms with Crippen LogP contribution in [-0.2, 0) is 13.7 Å². The number of carbonyl (C=O) groups is 1. The fourth-order valence-electron chi connectivity index (χ4n) is 1.88. The minimum Gasteiger partial charge on any atom is -0.486 e. The van der Waals surface area contributed by atoms with E-state index in [0.717, 1.165) is 15.9 Å². The van der Waals surface area contributed by atoms with E-state index in [-0.39, 0.29) is 23.6 Å². The lowest BCUT2D eigenvalue weighted by molar-refractivity contribution is 0.0693. The Bertz CT molecular complexity index is 667. The van der Waals surface area contributed by atoms with Crippen molar-refractivity contribution in [1.29, 1.82) is 0 Å². The molecular formula is C13H14BrN3O3. The Hall–Kier alpha value is -2.02. The van der Waals surface area contributed by atoms with Crippen LogP contribution >= 0.6 is 15.9 Å². The lowest BCUT2D eigenvalue weighted by Crippen LogP contribution is -2.09. The molecule has 2 aromatic rings. The Morgan fingerprint density at radius 2 is 2.25 bits per heavy atom. The SMILES string of the molecule is Cc1nn(C)c(COc2cccc(N)c2C(=O)O)c1Br. The van der Waals surface area contributed by atoms with Crippen molar-refractivity contribution in [3.8, 4) is 5.75 Å². The summed E-state index contributed by atoms with van der Waals surface area (Å²) >= 11 is 3.43. The maximum absolute atomic E-state index is 11.2. The van der Waals surface area contributed by atoms with E-state index in [0.29, 0.717) is 0 Å². The van der Waals surface area contributed by atoms with Crippen molar-refractivity contribution in [2.24, 2.45) is 7.05 Å². The fraction of sp³-hybridized carbons (Fsp3) is 0.231. The first-order chi connectivity index (χ1) is 9.41. The van der Waals surface area contributed by atoms with Gasteiger partial charge in [-0.25, -0.2) is 4.79 Å². The number of carboxylic acid groups (broad SMARTS) is 1. The first-order valence-electron chi connectivity index (χ1n) is 5.84. The summed E-state index contributed by atoms with van der Waals surface area (Å²) in [6.07, 6.45) is 0. The molecule has 0 bridgehead atoms. The summed E-state index contributed by atoms with van der Waals surface area (Å²) in [6, 6.07) is 4.76. The van der Waals surface area contributed by atoms with Crippen LogP contribution in [0.5, 0.6) is 5.75 Å². The van der Waals surface area contributed by atoms with E-state index in [4.69, 9.17) is 10.5 Å². The van der Waals surface area contributed by atoms with Gasteiger partial charge < -0.3 is 15.6 Å². The average molecular weight is 340 g/mol. The molecule has 0 radical (unpaired) electrons. The molecule has 1 heterocycles. The maximum atomic E-state index is 11.2. The highest BCUT2D eigenvalue weighted by Crippen LogP contribution is 2.27. The Morgan fingerprint density at radius 1 is 1.55 bits per heavy atom. The second-order valence-electron chi connectivity index (χ2n) is 4.28. The third-order valence-electron chi connectivity index (χ3n) is 2.90. The topological polar surface area (TPSA) is 90.4 Å². The van der Waals surface area contributed by atoms with Crippen molar-refractivity contribution in [3.63, 3.8) is 0 Å². The summed E-state index contributed by atoms with van der Waals surface area (Å²) in [5.41, 5.74) is 7.48. The van der Waals surface area contributed by atoms with Gasteiger partial charge in [-0.05, 0) is 35.0 Å². The minimum atomic E-state index is -1.11. The number of rotatable bonds is 4. The van der Waals surface area contributed by atoms with E-state index >= 15 is 0 Å². The van der Waals surface area contributed by atoms with Crippen LogP contribution in [0.25, 0.3) is 0 Å². The number of ether oxygens (including phenoxy) is 1. The van der Waals surface area contributed by atoms with Crippen LogP contribution in [-0.4, -0.2) is 20.9 Å². The van der Waals surface area contributed by atoms with Gasteiger partial charge in [-0.3, -0.25) is 4.68 Å². The molecule has 0 saturated heterocycles. The molecule has 0 atom stereocenters. The van der Waals surface area contributed by atoms with Gasteiger partial charge >= 0.3 is 5.97 Å². The molecule has 0 aliphatic carbocycles. The molecule has 2 rings (SSSR count). The smallest absolute Gasteiger partial charge is 0.341 e. The standard InChI is InChI=1S/C13H14BrN3O3/c1-7-12(14)9(17(2)16-7)6-20-10-5-3-4-8(15)11(10)13(18)19/h3-5H,6,15H2,1-2H3,(H,18,19). The first-order valence-corrected chi connectivity index (χ1v) is 6.63. The van der Waals surface area contributed by atoms with Gasteiger partial charge in [0.15, 0.2) is 0 Å². The number of nitrogens with zero attached hydrogens (tertiary/aromatic N) is 2. The van der Waals surface area contributed by atoms with Gasteiger partial charge in [0, 0.05) is 12.7 Å². The second-order valence-corrected chi connectivity index (χ2v) is 5.08. The number of nitrogens with two attached hydrogens (primary N) is 1. The zero-order valence-electron chi connectivity index (χ0n) is 11.1. The molecule has 7 heteroatoms. The maximum Gasteiger partial charge on any atom is 0.341 e. The van der Waals surface area contributed by atoms with Crippen LogP contribution in [0.2, 0.25) is 0 Å². The van der Waals surface area contributed by atoms with E-state index in [1.807, 2.05) is 6.92 Å². The third kappa shape index (κ3) is 2.62. The number of halogens is 1. The minimum absolute atomic E-state index is 0.0255. The molecule has 0 fully saturated rings. The van der Waals surface area contributed by atoms with Gasteiger partial charge in [0.1, 0.15) is 17.9 Å². The van der Waals surface area contributed by atoms with Gasteiger partial charge in [-0.15, -0.1) is 0 Å². The summed E-state index contributed by atoms with van der Waals surface area (Å²) in [4.78, 5) is 11.2. The Labute approximate surface area is 124 Å². The summed E-state index contributed by atoms with van der Waals surface area (Å²) < 4.78 is 8.12. The number of hydrogen-bond donors (Lipinski definition) is 2. The van der Waals surface area contributed by atoms with Gasteiger partial charge in [0.05, 0.1) is 15.9 Å². The number of benzene rings is 1. The molecule has 0 unspecified atom stereocenters. The largest absolute Gasteiger partial charge is 0.486 e. The van der Waals surface area contributed by atoms with Crippen molar-refractivity contribution in [2.75, 3.05) is 5.73 Å². The molecule has 20 heavy (non-hydrogen) atoms. The Morgan fingerprint density at radius 3 is 2.80 bits per heavy atom. The van der Waals surface area contributed by atoms with Crippen molar-refractivity contribution in [3.05, 3.63) is 39.6 Å². The molecule has 0 aliphatic rings. The molecule has 6 nitrogen and oxygen atoms in total. The molecule has 3 N–H and O–H groups in total. The lowest BCUT2D eigenvalue weighted by atomic mass is 10.1. The zero-order valence-corrected chi connectivity index (χ0v) is 12.6. The van der Waals surface area contributed by atoms with Crippen LogP contribution in [0.1, 0.15) is 21.7 Å². The molecular weight excluding hydrogens is 326 g/mol. The van der Waals surface area contributed by atoms with Crippen molar-refractivity contribution in [1.82, 2.24) is 9.78 Å². The summed E-state index contributed by atoms with van der Waals surface area (Å²) in [5, 5.41) is 13.4.